The highest BCUT2D eigenvalue weighted by Crippen LogP contribution is 2.34. The Balaban J connectivity index is 2.51. The van der Waals surface area contributed by atoms with Crippen molar-refractivity contribution in [2.45, 2.75) is 57.5 Å². The Morgan fingerprint density at radius 2 is 1.87 bits per heavy atom. The molecule has 0 aromatic heterocycles. The first-order valence-electron chi connectivity index (χ1n) is 5.51. The van der Waals surface area contributed by atoms with Gasteiger partial charge in [0.1, 0.15) is 12.0 Å². The summed E-state index contributed by atoms with van der Waals surface area (Å²) in [5.41, 5.74) is -0.384. The lowest BCUT2D eigenvalue weighted by Crippen LogP contribution is -2.37. The topological polar surface area (TPSA) is 63.6 Å². The molecule has 1 aliphatic rings. The van der Waals surface area contributed by atoms with Crippen LogP contribution in [0.2, 0.25) is 0 Å². The van der Waals surface area contributed by atoms with Gasteiger partial charge in [0.05, 0.1) is 0 Å². The SMILES string of the molecule is CCC1(OC(=O)CC(=O)O)CCCCC1. The van der Waals surface area contributed by atoms with E-state index >= 15 is 0 Å². The second kappa shape index (κ2) is 5.14. The van der Waals surface area contributed by atoms with Crippen LogP contribution in [0.3, 0.4) is 0 Å². The van der Waals surface area contributed by atoms with E-state index < -0.39 is 18.4 Å². The van der Waals surface area contributed by atoms with Gasteiger partial charge in [-0.3, -0.25) is 9.59 Å². The van der Waals surface area contributed by atoms with Crippen molar-refractivity contribution in [3.63, 3.8) is 0 Å². The van der Waals surface area contributed by atoms with Crippen LogP contribution in [0, 0.1) is 0 Å². The summed E-state index contributed by atoms with van der Waals surface area (Å²) in [4.78, 5) is 21.6. The summed E-state index contributed by atoms with van der Waals surface area (Å²) in [6.45, 7) is 1.99. The lowest BCUT2D eigenvalue weighted by molar-refractivity contribution is -0.167. The first kappa shape index (κ1) is 12.0. The highest BCUT2D eigenvalue weighted by atomic mass is 16.6. The van der Waals surface area contributed by atoms with Crippen molar-refractivity contribution in [2.24, 2.45) is 0 Å². The predicted molar refractivity (Wildman–Crippen MR) is 54.5 cm³/mol. The van der Waals surface area contributed by atoms with Crippen LogP contribution in [0.1, 0.15) is 51.9 Å². The highest BCUT2D eigenvalue weighted by molar-refractivity contribution is 5.90. The molecule has 1 rings (SSSR count). The third-order valence-electron chi connectivity index (χ3n) is 3.04. The lowest BCUT2D eigenvalue weighted by atomic mass is 9.83. The molecule has 0 atom stereocenters. The molecule has 0 aromatic carbocycles. The molecule has 4 nitrogen and oxygen atoms in total. The number of carbonyl (C=O) groups is 2. The Hall–Kier alpha value is -1.06. The van der Waals surface area contributed by atoms with E-state index in [0.29, 0.717) is 0 Å². The van der Waals surface area contributed by atoms with Crippen LogP contribution in [-0.2, 0) is 14.3 Å². The van der Waals surface area contributed by atoms with Crippen molar-refractivity contribution >= 4 is 11.9 Å². The normalized spacial score (nSPS) is 19.5. The van der Waals surface area contributed by atoms with E-state index in [1.165, 1.54) is 6.42 Å². The summed E-state index contributed by atoms with van der Waals surface area (Å²) in [6, 6.07) is 0. The van der Waals surface area contributed by atoms with Gasteiger partial charge < -0.3 is 9.84 Å². The largest absolute Gasteiger partial charge is 0.481 e. The number of esters is 1. The first-order valence-corrected chi connectivity index (χ1v) is 5.51. The summed E-state index contributed by atoms with van der Waals surface area (Å²) in [6.07, 6.45) is 5.30. The van der Waals surface area contributed by atoms with Gasteiger partial charge in [-0.05, 0) is 32.1 Å². The van der Waals surface area contributed by atoms with Crippen molar-refractivity contribution in [3.05, 3.63) is 0 Å². The Morgan fingerprint density at radius 3 is 2.33 bits per heavy atom. The van der Waals surface area contributed by atoms with Crippen LogP contribution in [0.25, 0.3) is 0 Å². The molecule has 0 aliphatic heterocycles. The molecule has 1 fully saturated rings. The van der Waals surface area contributed by atoms with Crippen molar-refractivity contribution < 1.29 is 19.4 Å². The molecule has 86 valence electrons. The Morgan fingerprint density at radius 1 is 1.27 bits per heavy atom. The summed E-state index contributed by atoms with van der Waals surface area (Å²) in [5, 5.41) is 8.47. The molecule has 0 amide bonds. The Bertz CT molecular complexity index is 241. The number of aliphatic carboxylic acids is 1. The van der Waals surface area contributed by atoms with E-state index in [4.69, 9.17) is 9.84 Å². The summed E-state index contributed by atoms with van der Waals surface area (Å²) < 4.78 is 5.32. The molecule has 0 spiro atoms. The summed E-state index contributed by atoms with van der Waals surface area (Å²) in [5.74, 6) is -1.73. The second-order valence-electron chi connectivity index (χ2n) is 4.14. The minimum absolute atomic E-state index is 0.384. The maximum atomic E-state index is 11.3. The number of rotatable bonds is 4. The molecule has 0 bridgehead atoms. The molecule has 1 N–H and O–H groups in total. The quantitative estimate of drug-likeness (QED) is 0.575. The summed E-state index contributed by atoms with van der Waals surface area (Å²) in [7, 11) is 0. The minimum Gasteiger partial charge on any atom is -0.481 e. The number of hydrogen-bond acceptors (Lipinski definition) is 3. The fraction of sp³-hybridized carbons (Fsp3) is 0.818. The molecular formula is C11H18O4. The third kappa shape index (κ3) is 3.53. The number of carbonyl (C=O) groups excluding carboxylic acids is 1. The zero-order chi connectivity index (χ0) is 11.3. The van der Waals surface area contributed by atoms with Crippen LogP contribution >= 0.6 is 0 Å². The highest BCUT2D eigenvalue weighted by Gasteiger charge is 2.34. The zero-order valence-electron chi connectivity index (χ0n) is 9.12. The maximum absolute atomic E-state index is 11.3. The average molecular weight is 214 g/mol. The number of carboxylic acid groups (broad SMARTS) is 1. The minimum atomic E-state index is -1.12. The fourth-order valence-electron chi connectivity index (χ4n) is 2.12. The molecule has 0 radical (unpaired) electrons. The van der Waals surface area contributed by atoms with E-state index in [-0.39, 0.29) is 5.60 Å². The summed E-state index contributed by atoms with van der Waals surface area (Å²) >= 11 is 0. The van der Waals surface area contributed by atoms with E-state index in [1.54, 1.807) is 0 Å². The van der Waals surface area contributed by atoms with Gasteiger partial charge in [-0.1, -0.05) is 13.3 Å². The van der Waals surface area contributed by atoms with Gasteiger partial charge in [0.25, 0.3) is 0 Å². The monoisotopic (exact) mass is 214 g/mol. The maximum Gasteiger partial charge on any atom is 0.317 e. The van der Waals surface area contributed by atoms with Crippen LogP contribution < -0.4 is 0 Å². The zero-order valence-corrected chi connectivity index (χ0v) is 9.12. The van der Waals surface area contributed by atoms with Crippen LogP contribution in [0.15, 0.2) is 0 Å². The van der Waals surface area contributed by atoms with Crippen LogP contribution in [0.5, 0.6) is 0 Å². The predicted octanol–water partition coefficient (Wildman–Crippen LogP) is 2.12. The molecule has 1 saturated carbocycles. The smallest absolute Gasteiger partial charge is 0.317 e. The number of carboxylic acids is 1. The van der Waals surface area contributed by atoms with Gasteiger partial charge in [0, 0.05) is 0 Å². The molecule has 15 heavy (non-hydrogen) atoms. The standard InChI is InChI=1S/C11H18O4/c1-2-11(6-4-3-5-7-11)15-10(14)8-9(12)13/h2-8H2,1H3,(H,12,13). The fourth-order valence-corrected chi connectivity index (χ4v) is 2.12. The molecule has 0 saturated heterocycles. The van der Waals surface area contributed by atoms with Gasteiger partial charge >= 0.3 is 11.9 Å². The number of hydrogen-bond donors (Lipinski definition) is 1. The van der Waals surface area contributed by atoms with E-state index in [0.717, 1.165) is 32.1 Å². The van der Waals surface area contributed by atoms with Gasteiger partial charge in [0.15, 0.2) is 0 Å². The Labute approximate surface area is 89.6 Å². The van der Waals surface area contributed by atoms with Crippen molar-refractivity contribution in [3.8, 4) is 0 Å². The van der Waals surface area contributed by atoms with E-state index in [9.17, 15) is 9.59 Å². The van der Waals surface area contributed by atoms with Crippen LogP contribution in [0.4, 0.5) is 0 Å². The van der Waals surface area contributed by atoms with E-state index in [1.807, 2.05) is 6.92 Å². The van der Waals surface area contributed by atoms with Gasteiger partial charge in [0.2, 0.25) is 0 Å². The molecule has 0 unspecified atom stereocenters. The first-order chi connectivity index (χ1) is 7.08. The molecule has 1 aliphatic carbocycles. The Kier molecular flexibility index (Phi) is 4.12. The van der Waals surface area contributed by atoms with Gasteiger partial charge in [-0.15, -0.1) is 0 Å². The van der Waals surface area contributed by atoms with Crippen molar-refractivity contribution in [2.75, 3.05) is 0 Å². The lowest BCUT2D eigenvalue weighted by Gasteiger charge is -2.35. The second-order valence-corrected chi connectivity index (χ2v) is 4.14. The van der Waals surface area contributed by atoms with Gasteiger partial charge in [-0.2, -0.15) is 0 Å². The third-order valence-corrected chi connectivity index (χ3v) is 3.04. The number of ether oxygens (including phenoxy) is 1. The van der Waals surface area contributed by atoms with Crippen molar-refractivity contribution in [1.82, 2.24) is 0 Å². The molecule has 0 heterocycles. The van der Waals surface area contributed by atoms with Crippen molar-refractivity contribution in [1.29, 1.82) is 0 Å². The van der Waals surface area contributed by atoms with E-state index in [2.05, 4.69) is 0 Å². The average Bonchev–Trinajstić information content (AvgIpc) is 2.17. The molecular weight excluding hydrogens is 196 g/mol. The van der Waals surface area contributed by atoms with Gasteiger partial charge in [-0.25, -0.2) is 0 Å². The van der Waals surface area contributed by atoms with Crippen LogP contribution in [-0.4, -0.2) is 22.6 Å². The molecule has 0 aromatic rings. The molecule has 4 heteroatoms.